The second-order valence-electron chi connectivity index (χ2n) is 10.4. The average Bonchev–Trinajstić information content (AvgIpc) is 3.37. The van der Waals surface area contributed by atoms with Crippen LogP contribution in [0.25, 0.3) is 11.0 Å². The number of benzene rings is 4. The highest BCUT2D eigenvalue weighted by molar-refractivity contribution is 7.80. The van der Waals surface area contributed by atoms with E-state index in [2.05, 4.69) is 23.3 Å². The van der Waals surface area contributed by atoms with Crippen LogP contribution in [0.5, 0.6) is 5.75 Å². The van der Waals surface area contributed by atoms with Crippen LogP contribution in [-0.2, 0) is 25.9 Å². The summed E-state index contributed by atoms with van der Waals surface area (Å²) in [6, 6.07) is 29.2. The number of rotatable bonds is 12. The molecule has 0 saturated carbocycles. The van der Waals surface area contributed by atoms with Gasteiger partial charge < -0.3 is 25.7 Å². The largest absolute Gasteiger partial charge is 0.497 e. The number of amides is 1. The predicted molar refractivity (Wildman–Crippen MR) is 174 cm³/mol. The van der Waals surface area contributed by atoms with Crippen molar-refractivity contribution in [1.29, 1.82) is 5.41 Å². The van der Waals surface area contributed by atoms with Crippen LogP contribution in [0.15, 0.2) is 95.9 Å². The van der Waals surface area contributed by atoms with Crippen LogP contribution >= 0.6 is 12.6 Å². The van der Waals surface area contributed by atoms with Gasteiger partial charge in [-0.2, -0.15) is 0 Å². The van der Waals surface area contributed by atoms with E-state index >= 15 is 0 Å². The average molecular weight is 593 g/mol. The van der Waals surface area contributed by atoms with Crippen LogP contribution in [0.3, 0.4) is 0 Å². The number of nitrogens with one attached hydrogen (secondary N) is 1. The SMILES string of the molecule is COc1cccc(CN(CCN)C(=O)c2ccc3c(c2)nc(CCc2ccc(C(=N)N)cc2)n3Cc2ccccc2S)c1. The van der Waals surface area contributed by atoms with Gasteiger partial charge in [0.1, 0.15) is 17.4 Å². The van der Waals surface area contributed by atoms with Gasteiger partial charge in [-0.15, -0.1) is 12.6 Å². The third-order valence-electron chi connectivity index (χ3n) is 7.49. The number of thiol groups is 1. The van der Waals surface area contributed by atoms with Crippen molar-refractivity contribution in [2.24, 2.45) is 11.5 Å². The zero-order chi connectivity index (χ0) is 30.3. The summed E-state index contributed by atoms with van der Waals surface area (Å²) in [5.41, 5.74) is 17.7. The van der Waals surface area contributed by atoms with Gasteiger partial charge in [-0.1, -0.05) is 54.6 Å². The summed E-state index contributed by atoms with van der Waals surface area (Å²) >= 11 is 4.68. The molecule has 0 atom stereocenters. The van der Waals surface area contributed by atoms with E-state index in [1.54, 1.807) is 12.0 Å². The van der Waals surface area contributed by atoms with Crippen molar-refractivity contribution in [3.63, 3.8) is 0 Å². The first-order valence-electron chi connectivity index (χ1n) is 14.2. The zero-order valence-corrected chi connectivity index (χ0v) is 25.1. The number of aryl methyl sites for hydroxylation is 2. The van der Waals surface area contributed by atoms with E-state index in [9.17, 15) is 4.79 Å². The smallest absolute Gasteiger partial charge is 0.254 e. The summed E-state index contributed by atoms with van der Waals surface area (Å²) in [6.45, 7) is 1.81. The molecule has 220 valence electrons. The van der Waals surface area contributed by atoms with Crippen molar-refractivity contribution >= 4 is 35.4 Å². The summed E-state index contributed by atoms with van der Waals surface area (Å²) in [6.07, 6.45) is 1.46. The standard InChI is InChI=1S/C34H36N6O2S/c1-42-28-7-4-5-24(19-28)21-39(18-17-35)34(41)26-14-15-30-29(20-26)38-32(40(30)22-27-6-2-3-8-31(27)43)16-11-23-9-12-25(13-10-23)33(36)37/h2-10,12-15,19-20,43H,11,16-18,21-22,35H2,1H3,(H3,36,37). The molecule has 9 heteroatoms. The first-order chi connectivity index (χ1) is 20.9. The minimum Gasteiger partial charge on any atom is -0.497 e. The van der Waals surface area contributed by atoms with Gasteiger partial charge in [-0.3, -0.25) is 10.2 Å². The minimum atomic E-state index is -0.0995. The molecule has 5 N–H and O–H groups in total. The number of hydrogen-bond donors (Lipinski definition) is 4. The van der Waals surface area contributed by atoms with Crippen LogP contribution in [-0.4, -0.2) is 46.4 Å². The van der Waals surface area contributed by atoms with Gasteiger partial charge in [0, 0.05) is 42.1 Å². The molecule has 1 amide bonds. The maximum Gasteiger partial charge on any atom is 0.254 e. The fraction of sp³-hybridized carbons (Fsp3) is 0.206. The van der Waals surface area contributed by atoms with Crippen LogP contribution in [0, 0.1) is 5.41 Å². The Balaban J connectivity index is 1.46. The number of imidazole rings is 1. The lowest BCUT2D eigenvalue weighted by Crippen LogP contribution is -2.34. The van der Waals surface area contributed by atoms with Gasteiger partial charge >= 0.3 is 0 Å². The Morgan fingerprint density at radius 3 is 2.44 bits per heavy atom. The van der Waals surface area contributed by atoms with Gasteiger partial charge in [0.2, 0.25) is 0 Å². The van der Waals surface area contributed by atoms with Crippen LogP contribution in [0.1, 0.15) is 38.4 Å². The van der Waals surface area contributed by atoms with Gasteiger partial charge in [-0.05, 0) is 59.5 Å². The molecule has 0 unspecified atom stereocenters. The maximum absolute atomic E-state index is 13.7. The second kappa shape index (κ2) is 13.6. The third-order valence-corrected chi connectivity index (χ3v) is 7.93. The number of nitrogens with zero attached hydrogens (tertiary/aromatic N) is 3. The molecule has 5 aromatic rings. The number of amidine groups is 1. The topological polar surface area (TPSA) is 123 Å². The minimum absolute atomic E-state index is 0.0534. The summed E-state index contributed by atoms with van der Waals surface area (Å²) in [7, 11) is 1.63. The van der Waals surface area contributed by atoms with Crippen LogP contribution < -0.4 is 16.2 Å². The van der Waals surface area contributed by atoms with Gasteiger partial charge in [0.15, 0.2) is 0 Å². The molecule has 0 aliphatic rings. The van der Waals surface area contributed by atoms with E-state index in [0.29, 0.717) is 43.7 Å². The van der Waals surface area contributed by atoms with E-state index in [4.69, 9.17) is 26.6 Å². The highest BCUT2D eigenvalue weighted by Crippen LogP contribution is 2.24. The number of methoxy groups -OCH3 is 1. The summed E-state index contributed by atoms with van der Waals surface area (Å²) in [5, 5.41) is 7.65. The molecule has 0 bridgehead atoms. The Morgan fingerprint density at radius 1 is 0.953 bits per heavy atom. The summed E-state index contributed by atoms with van der Waals surface area (Å²) in [5.74, 6) is 1.62. The highest BCUT2D eigenvalue weighted by atomic mass is 32.1. The van der Waals surface area contributed by atoms with E-state index < -0.39 is 0 Å². The Morgan fingerprint density at radius 2 is 1.72 bits per heavy atom. The molecule has 0 spiro atoms. The first kappa shape index (κ1) is 29.9. The van der Waals surface area contributed by atoms with Gasteiger partial charge in [0.25, 0.3) is 5.91 Å². The Kier molecular flexibility index (Phi) is 9.44. The number of carbonyl (C=O) groups is 1. The molecule has 43 heavy (non-hydrogen) atoms. The molecule has 0 radical (unpaired) electrons. The van der Waals surface area contributed by atoms with Crippen molar-refractivity contribution in [3.05, 3.63) is 125 Å². The van der Waals surface area contributed by atoms with Gasteiger partial charge in [0.05, 0.1) is 24.7 Å². The first-order valence-corrected chi connectivity index (χ1v) is 14.6. The fourth-order valence-electron chi connectivity index (χ4n) is 5.18. The van der Waals surface area contributed by atoms with E-state index in [1.165, 1.54) is 0 Å². The molecule has 1 aromatic heterocycles. The lowest BCUT2D eigenvalue weighted by molar-refractivity contribution is 0.0748. The lowest BCUT2D eigenvalue weighted by atomic mass is 10.1. The Bertz CT molecular complexity index is 1750. The third kappa shape index (κ3) is 7.07. The molecule has 1 heterocycles. The predicted octanol–water partition coefficient (Wildman–Crippen LogP) is 5.05. The summed E-state index contributed by atoms with van der Waals surface area (Å²) in [4.78, 5) is 21.4. The van der Waals surface area contributed by atoms with E-state index in [1.807, 2.05) is 84.9 Å². The monoisotopic (exact) mass is 592 g/mol. The van der Waals surface area contributed by atoms with Gasteiger partial charge in [-0.25, -0.2) is 4.98 Å². The molecular weight excluding hydrogens is 556 g/mol. The van der Waals surface area contributed by atoms with Crippen molar-refractivity contribution in [2.75, 3.05) is 20.2 Å². The quantitative estimate of drug-likeness (QED) is 0.0917. The maximum atomic E-state index is 13.7. The molecular formula is C34H36N6O2S. The molecule has 0 aliphatic carbocycles. The van der Waals surface area contributed by atoms with Crippen LogP contribution in [0.2, 0.25) is 0 Å². The Labute approximate surface area is 257 Å². The summed E-state index contributed by atoms with van der Waals surface area (Å²) < 4.78 is 7.56. The second-order valence-corrected chi connectivity index (χ2v) is 10.9. The molecule has 0 saturated heterocycles. The molecule has 0 aliphatic heterocycles. The molecule has 5 rings (SSSR count). The van der Waals surface area contributed by atoms with Crippen molar-refractivity contribution in [2.45, 2.75) is 30.8 Å². The number of carbonyl (C=O) groups excluding carboxylic acids is 1. The molecule has 0 fully saturated rings. The number of fused-ring (bicyclic) bond motifs is 1. The van der Waals surface area contributed by atoms with Crippen molar-refractivity contribution < 1.29 is 9.53 Å². The lowest BCUT2D eigenvalue weighted by Gasteiger charge is -2.22. The molecule has 4 aromatic carbocycles. The number of nitrogens with two attached hydrogens (primary N) is 2. The normalized spacial score (nSPS) is 11.0. The van der Waals surface area contributed by atoms with Crippen molar-refractivity contribution in [3.8, 4) is 5.75 Å². The molecule has 8 nitrogen and oxygen atoms in total. The number of ether oxygens (including phenoxy) is 1. The van der Waals surface area contributed by atoms with E-state index in [0.717, 1.165) is 50.6 Å². The van der Waals surface area contributed by atoms with Crippen molar-refractivity contribution in [1.82, 2.24) is 14.5 Å². The van der Waals surface area contributed by atoms with Crippen LogP contribution in [0.4, 0.5) is 0 Å². The Hall–Kier alpha value is -4.60. The number of aromatic nitrogens is 2. The highest BCUT2D eigenvalue weighted by Gasteiger charge is 2.19. The van der Waals surface area contributed by atoms with E-state index in [-0.39, 0.29) is 11.7 Å². The number of hydrogen-bond acceptors (Lipinski definition) is 6. The number of nitrogen functional groups attached to an aromatic ring is 1. The zero-order valence-electron chi connectivity index (χ0n) is 24.2. The fourth-order valence-corrected chi connectivity index (χ4v) is 5.42.